The molecule has 1 amide bonds. The zero-order valence-electron chi connectivity index (χ0n) is 8.92. The van der Waals surface area contributed by atoms with Gasteiger partial charge in [0.05, 0.1) is 0 Å². The molecule has 2 N–H and O–H groups in total. The second-order valence-electron chi connectivity index (χ2n) is 3.93. The molecule has 0 unspecified atom stereocenters. The van der Waals surface area contributed by atoms with Crippen LogP contribution < -0.4 is 10.6 Å². The summed E-state index contributed by atoms with van der Waals surface area (Å²) in [4.78, 5) is 11.7. The van der Waals surface area contributed by atoms with Crippen LogP contribution in [-0.4, -0.2) is 19.0 Å². The van der Waals surface area contributed by atoms with Gasteiger partial charge in [0.15, 0.2) is 0 Å². The topological polar surface area (TPSA) is 41.1 Å². The van der Waals surface area contributed by atoms with Gasteiger partial charge in [0.1, 0.15) is 0 Å². The van der Waals surface area contributed by atoms with Crippen LogP contribution in [0.5, 0.6) is 0 Å². The molecule has 0 saturated heterocycles. The van der Waals surface area contributed by atoms with E-state index in [1.807, 2.05) is 31.3 Å². The Kier molecular flexibility index (Phi) is 2.90. The minimum Gasteiger partial charge on any atom is -0.388 e. The zero-order valence-corrected chi connectivity index (χ0v) is 8.92. The highest BCUT2D eigenvalue weighted by Crippen LogP contribution is 2.18. The van der Waals surface area contributed by atoms with Crippen molar-refractivity contribution in [1.82, 2.24) is 5.32 Å². The normalized spacial score (nSPS) is 15.5. The summed E-state index contributed by atoms with van der Waals surface area (Å²) in [5.74, 6) is 0.0438. The molecule has 3 heteroatoms. The van der Waals surface area contributed by atoms with Gasteiger partial charge in [-0.25, -0.2) is 0 Å². The van der Waals surface area contributed by atoms with Crippen LogP contribution in [0.4, 0.5) is 5.69 Å². The van der Waals surface area contributed by atoms with Gasteiger partial charge in [-0.1, -0.05) is 0 Å². The summed E-state index contributed by atoms with van der Waals surface area (Å²) < 4.78 is 0. The quantitative estimate of drug-likeness (QED) is 0.790. The second-order valence-corrected chi connectivity index (χ2v) is 3.93. The molecule has 1 aliphatic carbocycles. The van der Waals surface area contributed by atoms with Crippen molar-refractivity contribution in [3.63, 3.8) is 0 Å². The van der Waals surface area contributed by atoms with Crippen molar-refractivity contribution in [2.24, 2.45) is 0 Å². The SMILES string of the molecule is CNc1ccc(C(=O)NC2CCC2)cc1. The number of rotatable bonds is 3. The number of hydrogen-bond acceptors (Lipinski definition) is 2. The molecule has 0 radical (unpaired) electrons. The summed E-state index contributed by atoms with van der Waals surface area (Å²) in [6.07, 6.45) is 3.49. The third kappa shape index (κ3) is 2.29. The van der Waals surface area contributed by atoms with E-state index in [9.17, 15) is 4.79 Å². The van der Waals surface area contributed by atoms with E-state index in [0.717, 1.165) is 24.1 Å². The van der Waals surface area contributed by atoms with Crippen molar-refractivity contribution in [3.05, 3.63) is 29.8 Å². The average molecular weight is 204 g/mol. The van der Waals surface area contributed by atoms with E-state index in [4.69, 9.17) is 0 Å². The molecule has 0 aromatic heterocycles. The number of amides is 1. The Balaban J connectivity index is 1.98. The van der Waals surface area contributed by atoms with Gasteiger partial charge in [0, 0.05) is 24.3 Å². The van der Waals surface area contributed by atoms with Gasteiger partial charge in [0.25, 0.3) is 5.91 Å². The van der Waals surface area contributed by atoms with Crippen LogP contribution in [0.3, 0.4) is 0 Å². The van der Waals surface area contributed by atoms with E-state index in [1.165, 1.54) is 6.42 Å². The minimum absolute atomic E-state index is 0.0438. The number of carbonyl (C=O) groups excluding carboxylic acids is 1. The summed E-state index contributed by atoms with van der Waals surface area (Å²) >= 11 is 0. The van der Waals surface area contributed by atoms with Gasteiger partial charge in [-0.3, -0.25) is 4.79 Å². The molecular weight excluding hydrogens is 188 g/mol. The Morgan fingerprint density at radius 3 is 2.40 bits per heavy atom. The van der Waals surface area contributed by atoms with E-state index >= 15 is 0 Å². The molecule has 80 valence electrons. The lowest BCUT2D eigenvalue weighted by atomic mass is 9.93. The number of carbonyl (C=O) groups is 1. The third-order valence-corrected chi connectivity index (χ3v) is 2.88. The highest BCUT2D eigenvalue weighted by atomic mass is 16.1. The lowest BCUT2D eigenvalue weighted by Crippen LogP contribution is -2.39. The maximum Gasteiger partial charge on any atom is 0.251 e. The predicted molar refractivity (Wildman–Crippen MR) is 61.1 cm³/mol. The lowest BCUT2D eigenvalue weighted by molar-refractivity contribution is 0.0917. The number of hydrogen-bond donors (Lipinski definition) is 2. The standard InChI is InChI=1S/C12H16N2O/c1-13-10-7-5-9(6-8-10)12(15)14-11-3-2-4-11/h5-8,11,13H,2-4H2,1H3,(H,14,15). The molecule has 0 aliphatic heterocycles. The fourth-order valence-corrected chi connectivity index (χ4v) is 1.61. The molecule has 15 heavy (non-hydrogen) atoms. The van der Waals surface area contributed by atoms with E-state index in [-0.39, 0.29) is 5.91 Å². The molecule has 3 nitrogen and oxygen atoms in total. The zero-order chi connectivity index (χ0) is 10.7. The summed E-state index contributed by atoms with van der Waals surface area (Å²) in [7, 11) is 1.86. The fourth-order valence-electron chi connectivity index (χ4n) is 1.61. The molecule has 1 fully saturated rings. The van der Waals surface area contributed by atoms with Crippen LogP contribution in [0.2, 0.25) is 0 Å². The molecule has 0 atom stereocenters. The number of nitrogens with one attached hydrogen (secondary N) is 2. The monoisotopic (exact) mass is 204 g/mol. The van der Waals surface area contributed by atoms with E-state index < -0.39 is 0 Å². The lowest BCUT2D eigenvalue weighted by Gasteiger charge is -2.26. The Bertz CT molecular complexity index is 341. The highest BCUT2D eigenvalue weighted by molar-refractivity contribution is 5.94. The largest absolute Gasteiger partial charge is 0.388 e. The molecule has 1 aromatic rings. The summed E-state index contributed by atoms with van der Waals surface area (Å²) in [5.41, 5.74) is 1.76. The van der Waals surface area contributed by atoms with Crippen molar-refractivity contribution in [2.75, 3.05) is 12.4 Å². The minimum atomic E-state index is 0.0438. The smallest absolute Gasteiger partial charge is 0.251 e. The summed E-state index contributed by atoms with van der Waals surface area (Å²) in [6.45, 7) is 0. The molecule has 2 rings (SSSR count). The first kappa shape index (κ1) is 10.0. The van der Waals surface area contributed by atoms with E-state index in [0.29, 0.717) is 6.04 Å². The Morgan fingerprint density at radius 2 is 1.93 bits per heavy atom. The van der Waals surface area contributed by atoms with Crippen molar-refractivity contribution in [2.45, 2.75) is 25.3 Å². The number of anilines is 1. The van der Waals surface area contributed by atoms with Crippen LogP contribution in [0, 0.1) is 0 Å². The predicted octanol–water partition coefficient (Wildman–Crippen LogP) is 2.01. The van der Waals surface area contributed by atoms with E-state index in [2.05, 4.69) is 10.6 Å². The number of benzene rings is 1. The van der Waals surface area contributed by atoms with Crippen molar-refractivity contribution in [3.8, 4) is 0 Å². The van der Waals surface area contributed by atoms with Gasteiger partial charge in [-0.2, -0.15) is 0 Å². The van der Waals surface area contributed by atoms with E-state index in [1.54, 1.807) is 0 Å². The Labute approximate surface area is 89.9 Å². The first-order valence-corrected chi connectivity index (χ1v) is 5.38. The van der Waals surface area contributed by atoms with Gasteiger partial charge in [-0.05, 0) is 43.5 Å². The molecule has 0 heterocycles. The van der Waals surface area contributed by atoms with Crippen molar-refractivity contribution >= 4 is 11.6 Å². The molecule has 1 aliphatic rings. The average Bonchev–Trinajstić information content (AvgIpc) is 2.23. The van der Waals surface area contributed by atoms with Crippen LogP contribution >= 0.6 is 0 Å². The first-order valence-electron chi connectivity index (χ1n) is 5.38. The Morgan fingerprint density at radius 1 is 1.27 bits per heavy atom. The second kappa shape index (κ2) is 4.34. The molecule has 0 spiro atoms. The third-order valence-electron chi connectivity index (χ3n) is 2.88. The van der Waals surface area contributed by atoms with Gasteiger partial charge >= 0.3 is 0 Å². The Hall–Kier alpha value is -1.51. The maximum atomic E-state index is 11.7. The van der Waals surface area contributed by atoms with Crippen molar-refractivity contribution in [1.29, 1.82) is 0 Å². The molecule has 1 saturated carbocycles. The van der Waals surface area contributed by atoms with Crippen LogP contribution in [0.15, 0.2) is 24.3 Å². The van der Waals surface area contributed by atoms with Gasteiger partial charge in [-0.15, -0.1) is 0 Å². The van der Waals surface area contributed by atoms with Crippen LogP contribution in [0.25, 0.3) is 0 Å². The molecule has 0 bridgehead atoms. The van der Waals surface area contributed by atoms with Crippen LogP contribution in [-0.2, 0) is 0 Å². The van der Waals surface area contributed by atoms with Gasteiger partial charge < -0.3 is 10.6 Å². The highest BCUT2D eigenvalue weighted by Gasteiger charge is 2.19. The first-order chi connectivity index (χ1) is 7.29. The fraction of sp³-hybridized carbons (Fsp3) is 0.417. The maximum absolute atomic E-state index is 11.7. The van der Waals surface area contributed by atoms with Gasteiger partial charge in [0.2, 0.25) is 0 Å². The summed E-state index contributed by atoms with van der Waals surface area (Å²) in [6, 6.07) is 7.92. The molecular formula is C12H16N2O. The van der Waals surface area contributed by atoms with Crippen LogP contribution in [0.1, 0.15) is 29.6 Å². The summed E-state index contributed by atoms with van der Waals surface area (Å²) in [5, 5.41) is 6.04. The van der Waals surface area contributed by atoms with Crippen molar-refractivity contribution < 1.29 is 4.79 Å². The molecule has 1 aromatic carbocycles.